The molecular weight excluding hydrogens is 478 g/mol. The van der Waals surface area contributed by atoms with Crippen LogP contribution in [0.1, 0.15) is 43.9 Å². The normalized spacial score (nSPS) is 28.4. The van der Waals surface area contributed by atoms with Crippen molar-refractivity contribution >= 4 is 5.91 Å². The van der Waals surface area contributed by atoms with Crippen LogP contribution in [0.2, 0.25) is 0 Å². The van der Waals surface area contributed by atoms with E-state index < -0.39 is 11.9 Å². The molecule has 4 aliphatic rings. The fraction of sp³-hybridized carbons (Fsp3) is 0.581. The van der Waals surface area contributed by atoms with Crippen molar-refractivity contribution < 1.29 is 19.0 Å². The van der Waals surface area contributed by atoms with Crippen molar-refractivity contribution in [1.82, 2.24) is 14.7 Å². The quantitative estimate of drug-likeness (QED) is 0.558. The molecule has 3 unspecified atom stereocenters. The Bertz CT molecular complexity index is 1040. The molecular formula is C31H41N3O4. The summed E-state index contributed by atoms with van der Waals surface area (Å²) in [7, 11) is 2.16. The van der Waals surface area contributed by atoms with Crippen molar-refractivity contribution in [2.24, 2.45) is 5.92 Å². The van der Waals surface area contributed by atoms with Gasteiger partial charge in [0.1, 0.15) is 12.2 Å². The first-order chi connectivity index (χ1) is 18.4. The third-order valence-electron chi connectivity index (χ3n) is 8.65. The van der Waals surface area contributed by atoms with Gasteiger partial charge in [0.15, 0.2) is 11.9 Å². The monoisotopic (exact) mass is 519 g/mol. The fourth-order valence-corrected chi connectivity index (χ4v) is 6.74. The van der Waals surface area contributed by atoms with Crippen LogP contribution in [0.3, 0.4) is 0 Å². The minimum atomic E-state index is -0.672. The maximum absolute atomic E-state index is 14.1. The zero-order chi connectivity index (χ0) is 26.3. The van der Waals surface area contributed by atoms with Crippen LogP contribution in [0.15, 0.2) is 60.7 Å². The summed E-state index contributed by atoms with van der Waals surface area (Å²) in [5, 5.41) is 0. The Morgan fingerprint density at radius 3 is 2.18 bits per heavy atom. The van der Waals surface area contributed by atoms with Crippen LogP contribution in [0.25, 0.3) is 0 Å². The lowest BCUT2D eigenvalue weighted by molar-refractivity contribution is -0.183. The van der Waals surface area contributed by atoms with E-state index in [-0.39, 0.29) is 30.2 Å². The predicted octanol–water partition coefficient (Wildman–Crippen LogP) is 3.55. The van der Waals surface area contributed by atoms with Gasteiger partial charge in [0.2, 0.25) is 0 Å². The van der Waals surface area contributed by atoms with Crippen molar-refractivity contribution in [2.75, 3.05) is 46.4 Å². The summed E-state index contributed by atoms with van der Waals surface area (Å²) in [4.78, 5) is 21.1. The number of carbonyl (C=O) groups excluding carboxylic acids is 1. The first-order valence-electron chi connectivity index (χ1n) is 14.2. The molecule has 2 aromatic carbocycles. The Balaban J connectivity index is 1.17. The molecule has 0 aromatic heterocycles. The molecule has 0 bridgehead atoms. The molecule has 204 valence electrons. The lowest BCUT2D eigenvalue weighted by Gasteiger charge is -2.48. The Hall–Kier alpha value is -2.29. The minimum Gasteiger partial charge on any atom is -0.363 e. The molecule has 7 heteroatoms. The van der Waals surface area contributed by atoms with Crippen LogP contribution in [0, 0.1) is 5.92 Å². The Morgan fingerprint density at radius 2 is 1.58 bits per heavy atom. The van der Waals surface area contributed by atoms with Crippen molar-refractivity contribution in [3.63, 3.8) is 0 Å². The van der Waals surface area contributed by atoms with Gasteiger partial charge in [0.25, 0.3) is 5.91 Å². The van der Waals surface area contributed by atoms with Gasteiger partial charge < -0.3 is 24.0 Å². The van der Waals surface area contributed by atoms with E-state index in [2.05, 4.69) is 82.4 Å². The molecule has 0 aliphatic carbocycles. The second-order valence-corrected chi connectivity index (χ2v) is 12.0. The second-order valence-electron chi connectivity index (χ2n) is 12.0. The lowest BCUT2D eigenvalue weighted by Crippen LogP contribution is -2.58. The van der Waals surface area contributed by atoms with E-state index in [1.54, 1.807) is 0 Å². The summed E-state index contributed by atoms with van der Waals surface area (Å²) in [6.07, 6.45) is 0.913. The highest BCUT2D eigenvalue weighted by Gasteiger charge is 2.54. The number of fused-ring (bicyclic) bond motifs is 1. The maximum Gasteiger partial charge on any atom is 0.254 e. The predicted molar refractivity (Wildman–Crippen MR) is 146 cm³/mol. The number of nitrogens with zero attached hydrogens (tertiary/aromatic N) is 3. The molecule has 0 N–H and O–H groups in total. The van der Waals surface area contributed by atoms with Crippen LogP contribution in [-0.4, -0.2) is 97.1 Å². The van der Waals surface area contributed by atoms with Gasteiger partial charge in [-0.05, 0) is 58.0 Å². The van der Waals surface area contributed by atoms with Crippen molar-refractivity contribution in [1.29, 1.82) is 0 Å². The molecule has 4 heterocycles. The number of benzene rings is 2. The van der Waals surface area contributed by atoms with Crippen LogP contribution >= 0.6 is 0 Å². The smallest absolute Gasteiger partial charge is 0.254 e. The van der Waals surface area contributed by atoms with Crippen molar-refractivity contribution in [3.05, 3.63) is 71.8 Å². The van der Waals surface area contributed by atoms with E-state index in [4.69, 9.17) is 14.2 Å². The average molecular weight is 520 g/mol. The molecule has 0 radical (unpaired) electrons. The summed E-state index contributed by atoms with van der Waals surface area (Å²) in [6, 6.07) is 22.0. The number of amides is 1. The molecule has 38 heavy (non-hydrogen) atoms. The summed E-state index contributed by atoms with van der Waals surface area (Å²) in [5.41, 5.74) is 2.62. The first kappa shape index (κ1) is 26.0. The van der Waals surface area contributed by atoms with E-state index in [9.17, 15) is 4.79 Å². The van der Waals surface area contributed by atoms with Gasteiger partial charge in [-0.15, -0.1) is 0 Å². The molecule has 3 atom stereocenters. The number of carbonyl (C=O) groups is 1. The van der Waals surface area contributed by atoms with Crippen LogP contribution in [-0.2, 0) is 19.0 Å². The Kier molecular flexibility index (Phi) is 7.31. The zero-order valence-corrected chi connectivity index (χ0v) is 22.9. The van der Waals surface area contributed by atoms with Gasteiger partial charge in [0.05, 0.1) is 12.6 Å². The van der Waals surface area contributed by atoms with Crippen LogP contribution in [0.4, 0.5) is 0 Å². The van der Waals surface area contributed by atoms with Crippen molar-refractivity contribution in [2.45, 2.75) is 62.9 Å². The number of hydrogen-bond acceptors (Lipinski definition) is 6. The fourth-order valence-electron chi connectivity index (χ4n) is 6.74. The SMILES string of the molecule is CN1CCC(N(CC2CN(C(c3ccccc3)c3ccccc3)C2)C(=O)C2OCC3OC(C)(C)OC32)CC1. The number of hydrogen-bond donors (Lipinski definition) is 0. The van der Waals surface area contributed by atoms with Gasteiger partial charge in [-0.3, -0.25) is 9.69 Å². The highest BCUT2D eigenvalue weighted by Crippen LogP contribution is 2.38. The highest BCUT2D eigenvalue weighted by atomic mass is 16.8. The summed E-state index contributed by atoms with van der Waals surface area (Å²) in [6.45, 7) is 8.98. The summed E-state index contributed by atoms with van der Waals surface area (Å²) >= 11 is 0. The first-order valence-corrected chi connectivity index (χ1v) is 14.2. The molecule has 7 nitrogen and oxygen atoms in total. The molecule has 0 saturated carbocycles. The van der Waals surface area contributed by atoms with Crippen molar-refractivity contribution in [3.8, 4) is 0 Å². The molecule has 4 aliphatic heterocycles. The molecule has 0 spiro atoms. The molecule has 4 fully saturated rings. The second kappa shape index (κ2) is 10.7. The van der Waals surface area contributed by atoms with E-state index in [0.717, 1.165) is 45.6 Å². The van der Waals surface area contributed by atoms with Gasteiger partial charge in [-0.2, -0.15) is 0 Å². The molecule has 6 rings (SSSR count). The van der Waals surface area contributed by atoms with Gasteiger partial charge >= 0.3 is 0 Å². The van der Waals surface area contributed by atoms with Crippen LogP contribution < -0.4 is 0 Å². The third-order valence-corrected chi connectivity index (χ3v) is 8.65. The molecule has 4 saturated heterocycles. The maximum atomic E-state index is 14.1. The molecule has 2 aromatic rings. The van der Waals surface area contributed by atoms with E-state index in [1.807, 2.05) is 13.8 Å². The average Bonchev–Trinajstić information content (AvgIpc) is 3.41. The number of piperidine rings is 1. The molecule has 1 amide bonds. The van der Waals surface area contributed by atoms with Gasteiger partial charge in [-0.1, -0.05) is 60.7 Å². The van der Waals surface area contributed by atoms with E-state index in [0.29, 0.717) is 12.5 Å². The zero-order valence-electron chi connectivity index (χ0n) is 22.9. The van der Waals surface area contributed by atoms with E-state index in [1.165, 1.54) is 11.1 Å². The Labute approximate surface area is 226 Å². The van der Waals surface area contributed by atoms with Gasteiger partial charge in [-0.25, -0.2) is 0 Å². The Morgan fingerprint density at radius 1 is 0.974 bits per heavy atom. The van der Waals surface area contributed by atoms with Crippen LogP contribution in [0.5, 0.6) is 0 Å². The van der Waals surface area contributed by atoms with E-state index >= 15 is 0 Å². The highest BCUT2D eigenvalue weighted by molar-refractivity contribution is 5.82. The van der Waals surface area contributed by atoms with Gasteiger partial charge in [0, 0.05) is 31.6 Å². The number of rotatable bonds is 7. The number of likely N-dealkylation sites (tertiary alicyclic amines) is 2. The summed E-state index contributed by atoms with van der Waals surface area (Å²) < 4.78 is 18.2. The topological polar surface area (TPSA) is 54.5 Å². The largest absolute Gasteiger partial charge is 0.363 e. The third kappa shape index (κ3) is 5.27. The lowest BCUT2D eigenvalue weighted by atomic mass is 9.89. The number of ether oxygens (including phenoxy) is 3. The summed E-state index contributed by atoms with van der Waals surface area (Å²) in [5.74, 6) is -0.161. The minimum absolute atomic E-state index is 0.0782. The standard InChI is InChI=1S/C31H41N3O4/c1-31(2)37-26-21-36-29(28(26)38-31)30(35)34(25-14-16-32(3)17-15-25)20-22-18-33(19-22)27(23-10-6-4-7-11-23)24-12-8-5-9-13-24/h4-13,22,25-29H,14-21H2,1-3H3.